The monoisotopic (exact) mass is 437 g/mol. The molecule has 31 heavy (non-hydrogen) atoms. The van der Waals surface area contributed by atoms with Crippen LogP contribution in [0.1, 0.15) is 101 Å². The minimum atomic E-state index is -0.742. The van der Waals surface area contributed by atoms with Gasteiger partial charge in [-0.2, -0.15) is 0 Å². The van der Waals surface area contributed by atoms with Crippen molar-refractivity contribution in [2.45, 2.75) is 84.5 Å². The Bertz CT molecular complexity index is 648. The number of H-pyrrole nitrogens is 1. The van der Waals surface area contributed by atoms with Crippen molar-refractivity contribution >= 4 is 5.97 Å². The van der Waals surface area contributed by atoms with Gasteiger partial charge in [0.05, 0.1) is 25.5 Å². The minimum absolute atomic E-state index is 0.0587. The average Bonchev–Trinajstić information content (AvgIpc) is 3.14. The number of aromatic nitrogens is 1. The van der Waals surface area contributed by atoms with Gasteiger partial charge in [0.25, 0.3) is 0 Å². The lowest BCUT2D eigenvalue weighted by Gasteiger charge is -2.05. The number of halogens is 1. The summed E-state index contributed by atoms with van der Waals surface area (Å²) in [5, 5.41) is 0. The molecule has 0 bridgehead atoms. The minimum Gasteiger partial charge on any atom is -0.458 e. The largest absolute Gasteiger partial charge is 0.458 e. The summed E-state index contributed by atoms with van der Waals surface area (Å²) in [7, 11) is 0. The van der Waals surface area contributed by atoms with Crippen LogP contribution in [0.15, 0.2) is 6.07 Å². The van der Waals surface area contributed by atoms with Crippen molar-refractivity contribution in [1.29, 1.82) is 0 Å². The Morgan fingerprint density at radius 1 is 0.903 bits per heavy atom. The molecule has 0 fully saturated rings. The number of esters is 1. The van der Waals surface area contributed by atoms with Crippen LogP contribution in [0.5, 0.6) is 0 Å². The number of rotatable bonds is 18. The molecule has 0 aromatic carbocycles. The van der Waals surface area contributed by atoms with Crippen molar-refractivity contribution in [2.75, 3.05) is 33.0 Å². The van der Waals surface area contributed by atoms with Crippen molar-refractivity contribution < 1.29 is 23.4 Å². The number of unbranched alkanes of at least 4 members (excludes halogenated alkanes) is 10. The Labute approximate surface area is 187 Å². The molecule has 6 heteroatoms. The average molecular weight is 438 g/mol. The Morgan fingerprint density at radius 2 is 1.52 bits per heavy atom. The van der Waals surface area contributed by atoms with Gasteiger partial charge >= 0.3 is 5.97 Å². The summed E-state index contributed by atoms with van der Waals surface area (Å²) in [5.41, 5.74) is 0.196. The number of hydrogen-bond donors (Lipinski definition) is 1. The lowest BCUT2D eigenvalue weighted by Crippen LogP contribution is -2.14. The predicted molar refractivity (Wildman–Crippen MR) is 122 cm³/mol. The molecule has 0 aliphatic carbocycles. The first-order valence-corrected chi connectivity index (χ1v) is 11.9. The third-order valence-electron chi connectivity index (χ3n) is 4.89. The van der Waals surface area contributed by atoms with Crippen molar-refractivity contribution in [3.63, 3.8) is 0 Å². The third-order valence-corrected chi connectivity index (χ3v) is 4.89. The lowest BCUT2D eigenvalue weighted by atomic mass is 10.1. The van der Waals surface area contributed by atoms with E-state index in [1.165, 1.54) is 63.9 Å². The van der Waals surface area contributed by atoms with Crippen molar-refractivity contribution in [3.05, 3.63) is 23.3 Å². The highest BCUT2D eigenvalue weighted by Gasteiger charge is 2.16. The first-order chi connectivity index (χ1) is 15.2. The van der Waals surface area contributed by atoms with E-state index in [-0.39, 0.29) is 18.9 Å². The fraction of sp³-hybridized carbons (Fsp3) is 0.720. The van der Waals surface area contributed by atoms with Crippen LogP contribution >= 0.6 is 0 Å². The molecule has 0 saturated carbocycles. The van der Waals surface area contributed by atoms with E-state index in [0.29, 0.717) is 25.5 Å². The molecule has 1 aromatic heterocycles. The lowest BCUT2D eigenvalue weighted by molar-refractivity contribution is 0.0158. The zero-order chi connectivity index (χ0) is 22.6. The van der Waals surface area contributed by atoms with Crippen LogP contribution in [0.2, 0.25) is 0 Å². The first-order valence-electron chi connectivity index (χ1n) is 11.9. The van der Waals surface area contributed by atoms with Crippen LogP contribution in [-0.2, 0) is 14.2 Å². The second-order valence-corrected chi connectivity index (χ2v) is 7.58. The van der Waals surface area contributed by atoms with Gasteiger partial charge in [-0.25, -0.2) is 9.18 Å². The maximum absolute atomic E-state index is 14.0. The molecule has 5 nitrogen and oxygen atoms in total. The van der Waals surface area contributed by atoms with Crippen LogP contribution in [0.4, 0.5) is 4.39 Å². The van der Waals surface area contributed by atoms with Gasteiger partial charge in [0.15, 0.2) is 11.5 Å². The summed E-state index contributed by atoms with van der Waals surface area (Å²) < 4.78 is 29.4. The number of ether oxygens (including phenoxy) is 3. The van der Waals surface area contributed by atoms with Gasteiger partial charge in [0.2, 0.25) is 0 Å². The molecule has 176 valence electrons. The maximum atomic E-state index is 14.0. The molecule has 1 aromatic rings. The molecular formula is C25H40FNO4. The maximum Gasteiger partial charge on any atom is 0.357 e. The zero-order valence-electron chi connectivity index (χ0n) is 19.4. The summed E-state index contributed by atoms with van der Waals surface area (Å²) in [4.78, 5) is 14.7. The number of hydrogen-bond acceptors (Lipinski definition) is 4. The second kappa shape index (κ2) is 18.9. The molecular weight excluding hydrogens is 397 g/mol. The molecule has 0 unspecified atom stereocenters. The Morgan fingerprint density at radius 3 is 2.19 bits per heavy atom. The molecule has 0 spiro atoms. The fourth-order valence-electron chi connectivity index (χ4n) is 3.13. The first kappa shape index (κ1) is 27.2. The normalized spacial score (nSPS) is 10.7. The Kier molecular flexibility index (Phi) is 16.6. The van der Waals surface area contributed by atoms with Gasteiger partial charge in [-0.1, -0.05) is 70.6 Å². The third kappa shape index (κ3) is 14.0. The Hall–Kier alpha value is -1.84. The van der Waals surface area contributed by atoms with E-state index < -0.39 is 11.8 Å². The van der Waals surface area contributed by atoms with Crippen LogP contribution in [-0.4, -0.2) is 44.0 Å². The molecule has 0 saturated heterocycles. The van der Waals surface area contributed by atoms with Gasteiger partial charge in [0.1, 0.15) is 6.61 Å². The summed E-state index contributed by atoms with van der Waals surface area (Å²) in [6.07, 6.45) is 13.6. The SMILES string of the molecule is CCCCCCCCCCCCC#Cc1cc(F)c(C(=O)OCCOCCOCC)[nH]1. The molecule has 0 aliphatic rings. The summed E-state index contributed by atoms with van der Waals surface area (Å²) in [5.74, 6) is 4.56. The number of aromatic amines is 1. The van der Waals surface area contributed by atoms with E-state index in [2.05, 4.69) is 23.7 Å². The van der Waals surface area contributed by atoms with Gasteiger partial charge < -0.3 is 19.2 Å². The highest BCUT2D eigenvalue weighted by Crippen LogP contribution is 2.12. The summed E-state index contributed by atoms with van der Waals surface area (Å²) >= 11 is 0. The molecule has 1 heterocycles. The van der Waals surface area contributed by atoms with Crippen molar-refractivity contribution in [3.8, 4) is 11.8 Å². The zero-order valence-corrected chi connectivity index (χ0v) is 19.4. The van der Waals surface area contributed by atoms with Gasteiger partial charge in [-0.15, -0.1) is 0 Å². The van der Waals surface area contributed by atoms with E-state index >= 15 is 0 Å². The fourth-order valence-corrected chi connectivity index (χ4v) is 3.13. The van der Waals surface area contributed by atoms with Gasteiger partial charge in [-0.3, -0.25) is 0 Å². The summed E-state index contributed by atoms with van der Waals surface area (Å²) in [6, 6.07) is 1.24. The van der Waals surface area contributed by atoms with Crippen LogP contribution in [0, 0.1) is 17.7 Å². The second-order valence-electron chi connectivity index (χ2n) is 7.58. The summed E-state index contributed by atoms with van der Waals surface area (Å²) in [6.45, 7) is 6.01. The van der Waals surface area contributed by atoms with E-state index in [1.54, 1.807) is 0 Å². The van der Waals surface area contributed by atoms with E-state index in [9.17, 15) is 9.18 Å². The highest BCUT2D eigenvalue weighted by molar-refractivity contribution is 5.88. The molecule has 0 atom stereocenters. The van der Waals surface area contributed by atoms with E-state index in [4.69, 9.17) is 14.2 Å². The van der Waals surface area contributed by atoms with Gasteiger partial charge in [0, 0.05) is 19.1 Å². The van der Waals surface area contributed by atoms with Gasteiger partial charge in [-0.05, 0) is 19.3 Å². The van der Waals surface area contributed by atoms with E-state index in [1.807, 2.05) is 6.92 Å². The number of nitrogens with one attached hydrogen (secondary N) is 1. The smallest absolute Gasteiger partial charge is 0.357 e. The molecule has 0 radical (unpaired) electrons. The van der Waals surface area contributed by atoms with Crippen molar-refractivity contribution in [1.82, 2.24) is 4.98 Å². The number of carbonyl (C=O) groups is 1. The van der Waals surface area contributed by atoms with Crippen LogP contribution in [0.3, 0.4) is 0 Å². The quantitative estimate of drug-likeness (QED) is 0.173. The van der Waals surface area contributed by atoms with Crippen LogP contribution < -0.4 is 0 Å². The Balaban J connectivity index is 2.15. The molecule has 0 amide bonds. The highest BCUT2D eigenvalue weighted by atomic mass is 19.1. The standard InChI is InChI=1S/C25H40FNO4/c1-3-5-6-7-8-9-10-11-12-13-14-15-16-22-21-23(26)24(27-22)25(28)31-20-19-30-18-17-29-4-2/h21,27H,3-14,17-20H2,1-2H3. The molecule has 0 aliphatic heterocycles. The topological polar surface area (TPSA) is 60.6 Å². The number of carbonyl (C=O) groups excluding carboxylic acids is 1. The van der Waals surface area contributed by atoms with Crippen LogP contribution in [0.25, 0.3) is 0 Å². The van der Waals surface area contributed by atoms with Crippen molar-refractivity contribution in [2.24, 2.45) is 0 Å². The molecule has 1 N–H and O–H groups in total. The predicted octanol–water partition coefficient (Wildman–Crippen LogP) is 6.03. The van der Waals surface area contributed by atoms with E-state index in [0.717, 1.165) is 12.8 Å². The molecule has 1 rings (SSSR count).